The summed E-state index contributed by atoms with van der Waals surface area (Å²) in [6.07, 6.45) is 7.37. The van der Waals surface area contributed by atoms with Gasteiger partial charge in [0.15, 0.2) is 5.70 Å². The topological polar surface area (TPSA) is 112 Å². The van der Waals surface area contributed by atoms with E-state index in [-0.39, 0.29) is 17.7 Å². The molecule has 0 aliphatic carbocycles. The minimum Gasteiger partial charge on any atom is -0.384 e. The molecule has 8 heteroatoms. The lowest BCUT2D eigenvalue weighted by Crippen LogP contribution is -2.56. The summed E-state index contributed by atoms with van der Waals surface area (Å²) in [5.41, 5.74) is 13.7. The zero-order valence-corrected chi connectivity index (χ0v) is 20.4. The van der Waals surface area contributed by atoms with E-state index in [1.165, 1.54) is 5.57 Å². The molecule has 0 aromatic heterocycles. The van der Waals surface area contributed by atoms with Gasteiger partial charge in [-0.05, 0) is 51.3 Å². The minimum absolute atomic E-state index is 0.115. The number of carbonyl (C=O) groups excluding carboxylic acids is 1. The number of nitrogens with zero attached hydrogens (tertiary/aromatic N) is 3. The van der Waals surface area contributed by atoms with Crippen LogP contribution in [-0.2, 0) is 4.79 Å². The van der Waals surface area contributed by atoms with Gasteiger partial charge < -0.3 is 22.1 Å². The Kier molecular flexibility index (Phi) is 10.4. The molecule has 1 amide bonds. The van der Waals surface area contributed by atoms with Crippen LogP contribution < -0.4 is 22.1 Å². The Morgan fingerprint density at radius 3 is 2.69 bits per heavy atom. The van der Waals surface area contributed by atoms with E-state index in [2.05, 4.69) is 58.9 Å². The van der Waals surface area contributed by atoms with E-state index in [0.29, 0.717) is 12.0 Å². The molecule has 0 saturated carbocycles. The first-order valence-corrected chi connectivity index (χ1v) is 11.9. The number of allylic oxidation sites excluding steroid dienone is 1. The first-order valence-electron chi connectivity index (χ1n) is 11.9. The highest BCUT2D eigenvalue weighted by Crippen LogP contribution is 2.16. The van der Waals surface area contributed by atoms with Crippen molar-refractivity contribution in [3.63, 3.8) is 0 Å². The van der Waals surface area contributed by atoms with Crippen LogP contribution in [0.3, 0.4) is 0 Å². The van der Waals surface area contributed by atoms with Crippen molar-refractivity contribution < 1.29 is 4.79 Å². The van der Waals surface area contributed by atoms with Gasteiger partial charge in [-0.1, -0.05) is 39.0 Å². The number of aliphatic imine (C=N–C) groups is 1. The fourth-order valence-corrected chi connectivity index (χ4v) is 4.26. The number of hydrogen-bond acceptors (Lipinski definition) is 7. The van der Waals surface area contributed by atoms with Crippen LogP contribution in [0.5, 0.6) is 0 Å². The second-order valence-corrected chi connectivity index (χ2v) is 9.01. The molecule has 2 aliphatic rings. The second kappa shape index (κ2) is 12.8. The quantitative estimate of drug-likeness (QED) is 0.339. The van der Waals surface area contributed by atoms with Gasteiger partial charge in [0.25, 0.3) is 5.91 Å². The third-order valence-electron chi connectivity index (χ3n) is 6.53. The Labute approximate surface area is 193 Å². The normalized spacial score (nSPS) is 22.0. The summed E-state index contributed by atoms with van der Waals surface area (Å²) in [4.78, 5) is 20.8. The highest BCUT2D eigenvalue weighted by molar-refractivity contribution is 5.99. The number of amides is 1. The molecular formula is C24H43N7O. The molecule has 8 nitrogen and oxygen atoms in total. The predicted octanol–water partition coefficient (Wildman–Crippen LogP) is 1.52. The van der Waals surface area contributed by atoms with Crippen LogP contribution in [0.25, 0.3) is 0 Å². The number of hydrogen-bond donors (Lipinski definition) is 4. The fraction of sp³-hybridized carbons (Fsp3) is 0.667. The second-order valence-electron chi connectivity index (χ2n) is 9.01. The van der Waals surface area contributed by atoms with Gasteiger partial charge in [0, 0.05) is 32.2 Å². The van der Waals surface area contributed by atoms with Crippen LogP contribution in [0.15, 0.2) is 40.8 Å². The van der Waals surface area contributed by atoms with Crippen molar-refractivity contribution in [3.05, 3.63) is 35.8 Å². The summed E-state index contributed by atoms with van der Waals surface area (Å²) >= 11 is 0. The summed E-state index contributed by atoms with van der Waals surface area (Å²) in [5, 5.41) is 7.00. The molecule has 6 N–H and O–H groups in total. The van der Waals surface area contributed by atoms with Crippen LogP contribution in [0, 0.1) is 5.92 Å². The number of piperidine rings is 1. The van der Waals surface area contributed by atoms with E-state index in [0.717, 1.165) is 64.2 Å². The number of likely N-dealkylation sites (tertiary alicyclic amines) is 1. The zero-order chi connectivity index (χ0) is 23.7. The summed E-state index contributed by atoms with van der Waals surface area (Å²) in [5.74, 6) is 0.188. The molecule has 180 valence electrons. The van der Waals surface area contributed by atoms with Crippen molar-refractivity contribution in [3.8, 4) is 0 Å². The summed E-state index contributed by atoms with van der Waals surface area (Å²) in [7, 11) is 0. The smallest absolute Gasteiger partial charge is 0.271 e. The molecule has 0 aromatic carbocycles. The number of carbonyl (C=O) groups is 1. The Morgan fingerprint density at radius 2 is 2.12 bits per heavy atom. The van der Waals surface area contributed by atoms with Crippen LogP contribution in [0.4, 0.5) is 0 Å². The van der Waals surface area contributed by atoms with E-state index in [9.17, 15) is 4.79 Å². The standard InChI is InChI=1S/C24H43N7O/c1-6-17(4)15-31(24-18(5)28-21(23(26)32)22(25)29-24)14-11-27-20-9-12-30(13-10-20)16-19(7-2)8-3/h7-8,17,20,24,27,29H,2,6,9-16,25H2,1,3-5H3,(H2,26,32)/b19-8+. The molecule has 2 rings (SSSR count). The van der Waals surface area contributed by atoms with Crippen molar-refractivity contribution in [1.82, 2.24) is 20.4 Å². The third-order valence-corrected chi connectivity index (χ3v) is 6.53. The molecule has 0 radical (unpaired) electrons. The Morgan fingerprint density at radius 1 is 1.44 bits per heavy atom. The van der Waals surface area contributed by atoms with Gasteiger partial charge in [0.1, 0.15) is 12.0 Å². The van der Waals surface area contributed by atoms with Crippen LogP contribution in [0.2, 0.25) is 0 Å². The van der Waals surface area contributed by atoms with Gasteiger partial charge in [-0.3, -0.25) is 14.6 Å². The Bertz CT molecular complexity index is 735. The summed E-state index contributed by atoms with van der Waals surface area (Å²) in [6, 6.07) is 0.537. The number of primary amides is 1. The van der Waals surface area contributed by atoms with Crippen molar-refractivity contribution >= 4 is 11.6 Å². The van der Waals surface area contributed by atoms with Crippen molar-refractivity contribution in [2.75, 3.05) is 39.3 Å². The van der Waals surface area contributed by atoms with Crippen molar-refractivity contribution in [2.45, 2.75) is 59.2 Å². The minimum atomic E-state index is -0.607. The van der Waals surface area contributed by atoms with E-state index in [1.54, 1.807) is 0 Å². The van der Waals surface area contributed by atoms with Gasteiger partial charge in [-0.2, -0.15) is 0 Å². The Hall–Kier alpha value is -2.16. The van der Waals surface area contributed by atoms with Gasteiger partial charge in [-0.25, -0.2) is 4.99 Å². The zero-order valence-electron chi connectivity index (χ0n) is 20.4. The maximum atomic E-state index is 11.6. The molecular weight excluding hydrogens is 402 g/mol. The van der Waals surface area contributed by atoms with Crippen LogP contribution in [0.1, 0.15) is 47.0 Å². The monoisotopic (exact) mass is 445 g/mol. The van der Waals surface area contributed by atoms with Gasteiger partial charge >= 0.3 is 0 Å². The van der Waals surface area contributed by atoms with Gasteiger partial charge in [-0.15, -0.1) is 0 Å². The highest BCUT2D eigenvalue weighted by Gasteiger charge is 2.28. The highest BCUT2D eigenvalue weighted by atomic mass is 16.1. The lowest BCUT2D eigenvalue weighted by atomic mass is 10.0. The van der Waals surface area contributed by atoms with Crippen molar-refractivity contribution in [1.29, 1.82) is 0 Å². The average molecular weight is 446 g/mol. The SMILES string of the molecule is C=C/C(=C\C)CN1CCC(NCCN(CC(C)CC)C2NC(N)=C(C(N)=O)N=C2C)CC1. The molecule has 1 fully saturated rings. The molecule has 1 saturated heterocycles. The van der Waals surface area contributed by atoms with Crippen LogP contribution in [-0.4, -0.2) is 72.9 Å². The Balaban J connectivity index is 1.89. The summed E-state index contributed by atoms with van der Waals surface area (Å²) in [6.45, 7) is 18.2. The van der Waals surface area contributed by atoms with Crippen molar-refractivity contribution in [2.24, 2.45) is 22.4 Å². The number of nitrogens with two attached hydrogens (primary N) is 2. The lowest BCUT2D eigenvalue weighted by Gasteiger charge is -2.37. The first-order chi connectivity index (χ1) is 15.3. The molecule has 0 aromatic rings. The fourth-order valence-electron chi connectivity index (χ4n) is 4.26. The number of nitrogens with one attached hydrogen (secondary N) is 2. The van der Waals surface area contributed by atoms with E-state index >= 15 is 0 Å². The number of rotatable bonds is 12. The molecule has 0 spiro atoms. The first kappa shape index (κ1) is 26.1. The molecule has 0 bridgehead atoms. The molecule has 32 heavy (non-hydrogen) atoms. The van der Waals surface area contributed by atoms with Crippen LogP contribution >= 0.6 is 0 Å². The maximum absolute atomic E-state index is 11.6. The van der Waals surface area contributed by atoms with Gasteiger partial charge in [0.05, 0.1) is 5.71 Å². The molecule has 2 heterocycles. The van der Waals surface area contributed by atoms with E-state index < -0.39 is 5.91 Å². The largest absolute Gasteiger partial charge is 0.384 e. The van der Waals surface area contributed by atoms with E-state index in [4.69, 9.17) is 11.5 Å². The third kappa shape index (κ3) is 7.46. The lowest BCUT2D eigenvalue weighted by molar-refractivity contribution is -0.114. The van der Waals surface area contributed by atoms with E-state index in [1.807, 2.05) is 13.0 Å². The molecule has 2 atom stereocenters. The molecule has 2 aliphatic heterocycles. The maximum Gasteiger partial charge on any atom is 0.271 e. The predicted molar refractivity (Wildman–Crippen MR) is 133 cm³/mol. The van der Waals surface area contributed by atoms with Gasteiger partial charge in [0.2, 0.25) is 0 Å². The molecule has 2 unspecified atom stereocenters. The summed E-state index contributed by atoms with van der Waals surface area (Å²) < 4.78 is 0. The average Bonchev–Trinajstić information content (AvgIpc) is 2.78.